The van der Waals surface area contributed by atoms with Crippen molar-refractivity contribution in [2.24, 2.45) is 0 Å². The molecule has 2 aromatic rings. The van der Waals surface area contributed by atoms with E-state index in [0.29, 0.717) is 0 Å². The van der Waals surface area contributed by atoms with Crippen molar-refractivity contribution < 1.29 is 9.59 Å². The lowest BCUT2D eigenvalue weighted by molar-refractivity contribution is -0.119. The fourth-order valence-electron chi connectivity index (χ4n) is 1.59. The molecule has 0 saturated carbocycles. The molecule has 2 heterocycles. The number of imide groups is 1. The minimum absolute atomic E-state index is 0.0203. The Balaban J connectivity index is 2.00. The van der Waals surface area contributed by atoms with Crippen LogP contribution in [-0.4, -0.2) is 33.2 Å². The van der Waals surface area contributed by atoms with E-state index in [2.05, 4.69) is 20.6 Å². The van der Waals surface area contributed by atoms with Gasteiger partial charge in [0.15, 0.2) is 0 Å². The van der Waals surface area contributed by atoms with E-state index >= 15 is 0 Å². The summed E-state index contributed by atoms with van der Waals surface area (Å²) in [6.07, 6.45) is 1.48. The minimum atomic E-state index is -0.481. The Morgan fingerprint density at radius 3 is 2.76 bits per heavy atom. The second-order valence-electron chi connectivity index (χ2n) is 4.70. The Hall–Kier alpha value is -1.67. The number of nitrogens with zero attached hydrogens (tertiary/aromatic N) is 2. The van der Waals surface area contributed by atoms with Crippen LogP contribution in [0.15, 0.2) is 22.8 Å². The van der Waals surface area contributed by atoms with Crippen LogP contribution in [0, 0.1) is 0 Å². The summed E-state index contributed by atoms with van der Waals surface area (Å²) in [5, 5.41) is 8.11. The van der Waals surface area contributed by atoms with Gasteiger partial charge >= 0.3 is 6.03 Å². The van der Waals surface area contributed by atoms with Crippen molar-refractivity contribution in [2.45, 2.75) is 37.1 Å². The van der Waals surface area contributed by atoms with Crippen LogP contribution < -0.4 is 10.6 Å². The fourth-order valence-corrected chi connectivity index (χ4v) is 3.29. The molecule has 8 heteroatoms. The van der Waals surface area contributed by atoms with Crippen molar-refractivity contribution in [3.8, 4) is 0 Å². The lowest BCUT2D eigenvalue weighted by Crippen LogP contribution is -2.45. The summed E-state index contributed by atoms with van der Waals surface area (Å²) in [6, 6.07) is 1.43. The molecule has 2 aromatic heterocycles. The third-order valence-corrected chi connectivity index (χ3v) is 4.48. The molecule has 0 saturated heterocycles. The third kappa shape index (κ3) is 4.15. The molecule has 112 valence electrons. The van der Waals surface area contributed by atoms with E-state index in [1.165, 1.54) is 29.4 Å². The van der Waals surface area contributed by atoms with Crippen molar-refractivity contribution in [3.63, 3.8) is 0 Å². The molecule has 3 amide bonds. The molecule has 6 nitrogen and oxygen atoms in total. The number of carbonyl (C=O) groups is 2. The zero-order valence-electron chi connectivity index (χ0n) is 11.9. The molecule has 0 radical (unpaired) electrons. The topological polar surface area (TPSA) is 84.0 Å². The Labute approximate surface area is 130 Å². The molecule has 0 bridgehead atoms. The van der Waals surface area contributed by atoms with Crippen LogP contribution in [0.2, 0.25) is 0 Å². The number of thiophene rings is 1. The highest BCUT2D eigenvalue weighted by Crippen LogP contribution is 2.30. The van der Waals surface area contributed by atoms with Gasteiger partial charge in [0.2, 0.25) is 5.91 Å². The monoisotopic (exact) mass is 324 g/mol. The minimum Gasteiger partial charge on any atom is -0.336 e. The van der Waals surface area contributed by atoms with Crippen molar-refractivity contribution >= 4 is 45.3 Å². The van der Waals surface area contributed by atoms with E-state index in [4.69, 9.17) is 0 Å². The van der Waals surface area contributed by atoms with Gasteiger partial charge in [0, 0.05) is 11.4 Å². The second kappa shape index (κ2) is 6.86. The van der Waals surface area contributed by atoms with Crippen LogP contribution in [0.25, 0.3) is 10.2 Å². The number of thioether (sulfide) groups is 1. The van der Waals surface area contributed by atoms with Crippen molar-refractivity contribution in [2.75, 3.05) is 0 Å². The second-order valence-corrected chi connectivity index (χ2v) is 6.92. The predicted molar refractivity (Wildman–Crippen MR) is 84.5 cm³/mol. The first-order valence-electron chi connectivity index (χ1n) is 6.43. The molecule has 2 N–H and O–H groups in total. The number of aromatic nitrogens is 2. The molecular formula is C13H16N4O2S2. The molecule has 2 rings (SSSR count). The number of fused-ring (bicyclic) bond motifs is 1. The molecule has 1 atom stereocenters. The average molecular weight is 324 g/mol. The third-order valence-electron chi connectivity index (χ3n) is 2.54. The maximum Gasteiger partial charge on any atom is 0.321 e. The van der Waals surface area contributed by atoms with Crippen LogP contribution in [-0.2, 0) is 4.79 Å². The van der Waals surface area contributed by atoms with Crippen molar-refractivity contribution in [3.05, 3.63) is 17.8 Å². The van der Waals surface area contributed by atoms with E-state index in [-0.39, 0.29) is 11.9 Å². The lowest BCUT2D eigenvalue weighted by Gasteiger charge is -2.13. The zero-order chi connectivity index (χ0) is 15.4. The normalized spacial score (nSPS) is 12.4. The lowest BCUT2D eigenvalue weighted by atomic mass is 10.4. The molecule has 0 unspecified atom stereocenters. The maximum atomic E-state index is 12.0. The maximum absolute atomic E-state index is 12.0. The van der Waals surface area contributed by atoms with Gasteiger partial charge in [-0.1, -0.05) is 11.8 Å². The fraction of sp³-hybridized carbons (Fsp3) is 0.385. The molecule has 0 aliphatic carbocycles. The van der Waals surface area contributed by atoms with Gasteiger partial charge in [-0.05, 0) is 32.2 Å². The van der Waals surface area contributed by atoms with Gasteiger partial charge in [-0.15, -0.1) is 11.3 Å². The van der Waals surface area contributed by atoms with E-state index in [9.17, 15) is 9.59 Å². The Morgan fingerprint density at radius 1 is 1.29 bits per heavy atom. The van der Waals surface area contributed by atoms with E-state index < -0.39 is 11.3 Å². The summed E-state index contributed by atoms with van der Waals surface area (Å²) in [4.78, 5) is 32.8. The van der Waals surface area contributed by atoms with E-state index in [1.54, 1.807) is 6.92 Å². The van der Waals surface area contributed by atoms with Gasteiger partial charge in [0.25, 0.3) is 0 Å². The number of urea groups is 1. The highest BCUT2D eigenvalue weighted by Gasteiger charge is 2.19. The van der Waals surface area contributed by atoms with E-state index in [0.717, 1.165) is 15.2 Å². The highest BCUT2D eigenvalue weighted by atomic mass is 32.2. The van der Waals surface area contributed by atoms with Crippen LogP contribution in [0.4, 0.5) is 4.79 Å². The SMILES string of the molecule is CC(C)NC(=O)NC(=O)[C@@H](C)Sc1ncnc2sccc12. The van der Waals surface area contributed by atoms with Crippen molar-refractivity contribution in [1.29, 1.82) is 0 Å². The number of carbonyl (C=O) groups excluding carboxylic acids is 2. The smallest absolute Gasteiger partial charge is 0.321 e. The standard InChI is InChI=1S/C13H16N4O2S2/c1-7(2)16-13(19)17-10(18)8(3)21-12-9-4-5-20-11(9)14-6-15-12/h4-8H,1-3H3,(H2,16,17,18,19)/t8-/m1/s1. The quantitative estimate of drug-likeness (QED) is 0.666. The largest absolute Gasteiger partial charge is 0.336 e. The number of hydrogen-bond acceptors (Lipinski definition) is 6. The van der Waals surface area contributed by atoms with Crippen LogP contribution in [0.1, 0.15) is 20.8 Å². The van der Waals surface area contributed by atoms with Gasteiger partial charge in [-0.2, -0.15) is 0 Å². The first-order chi connectivity index (χ1) is 9.97. The molecule has 0 fully saturated rings. The molecule has 0 spiro atoms. The van der Waals surface area contributed by atoms with Gasteiger partial charge < -0.3 is 5.32 Å². The number of rotatable bonds is 4. The zero-order valence-corrected chi connectivity index (χ0v) is 13.5. The Kier molecular flexibility index (Phi) is 5.13. The van der Waals surface area contributed by atoms with E-state index in [1.807, 2.05) is 25.3 Å². The molecular weight excluding hydrogens is 308 g/mol. The summed E-state index contributed by atoms with van der Waals surface area (Å²) in [7, 11) is 0. The summed E-state index contributed by atoms with van der Waals surface area (Å²) in [5.41, 5.74) is 0. The molecule has 0 aliphatic rings. The van der Waals surface area contributed by atoms with Gasteiger partial charge in [-0.25, -0.2) is 14.8 Å². The summed E-state index contributed by atoms with van der Waals surface area (Å²) in [5.74, 6) is -0.347. The summed E-state index contributed by atoms with van der Waals surface area (Å²) < 4.78 is 0. The Morgan fingerprint density at radius 2 is 2.05 bits per heavy atom. The molecule has 0 aromatic carbocycles. The molecule has 21 heavy (non-hydrogen) atoms. The number of hydrogen-bond donors (Lipinski definition) is 2. The van der Waals surface area contributed by atoms with Crippen LogP contribution in [0.3, 0.4) is 0 Å². The van der Waals surface area contributed by atoms with Crippen LogP contribution in [0.5, 0.6) is 0 Å². The summed E-state index contributed by atoms with van der Waals surface area (Å²) in [6.45, 7) is 5.40. The summed E-state index contributed by atoms with van der Waals surface area (Å²) >= 11 is 2.84. The average Bonchev–Trinajstić information content (AvgIpc) is 2.86. The number of amides is 3. The van der Waals surface area contributed by atoms with Gasteiger partial charge in [0.05, 0.1) is 5.25 Å². The number of nitrogens with one attached hydrogen (secondary N) is 2. The van der Waals surface area contributed by atoms with Gasteiger partial charge in [-0.3, -0.25) is 10.1 Å². The molecule has 0 aliphatic heterocycles. The van der Waals surface area contributed by atoms with Crippen LogP contribution >= 0.6 is 23.1 Å². The van der Waals surface area contributed by atoms with Crippen molar-refractivity contribution in [1.82, 2.24) is 20.6 Å². The predicted octanol–water partition coefficient (Wildman–Crippen LogP) is 2.41. The Bertz CT molecular complexity index is 656. The first-order valence-corrected chi connectivity index (χ1v) is 8.19. The van der Waals surface area contributed by atoms with Gasteiger partial charge in [0.1, 0.15) is 16.2 Å². The highest BCUT2D eigenvalue weighted by molar-refractivity contribution is 8.00. The first kappa shape index (κ1) is 15.7.